The van der Waals surface area contributed by atoms with E-state index < -0.39 is 10.0 Å². The Labute approximate surface area is 122 Å². The Bertz CT molecular complexity index is 758. The predicted octanol–water partition coefficient (Wildman–Crippen LogP) is 1.83. The van der Waals surface area contributed by atoms with E-state index in [4.69, 9.17) is 18.0 Å². The Morgan fingerprint density at radius 2 is 1.95 bits per heavy atom. The highest BCUT2D eigenvalue weighted by Gasteiger charge is 2.15. The standard InChI is InChI=1S/C13H13N3O2S2/c1-9-4-2-7-12(15-9)16-20(17,18)11-6-3-5-10(8-11)13(14)19/h2-8H,1H3,(H2,14,19)(H,15,16). The number of nitrogens with two attached hydrogens (primary N) is 1. The van der Waals surface area contributed by atoms with Crippen LogP contribution in [0.25, 0.3) is 0 Å². The fourth-order valence-corrected chi connectivity index (χ4v) is 2.79. The molecule has 0 saturated heterocycles. The SMILES string of the molecule is Cc1cccc(NS(=O)(=O)c2cccc(C(N)=S)c2)n1. The normalized spacial score (nSPS) is 11.1. The van der Waals surface area contributed by atoms with Gasteiger partial charge in [0.05, 0.1) is 4.90 Å². The van der Waals surface area contributed by atoms with Gasteiger partial charge in [-0.25, -0.2) is 13.4 Å². The van der Waals surface area contributed by atoms with Crippen LogP contribution in [0.15, 0.2) is 47.4 Å². The molecule has 0 aliphatic rings. The molecule has 2 rings (SSSR count). The summed E-state index contributed by atoms with van der Waals surface area (Å²) in [6.07, 6.45) is 0. The van der Waals surface area contributed by atoms with E-state index in [1.54, 1.807) is 37.3 Å². The molecular weight excluding hydrogens is 294 g/mol. The maximum Gasteiger partial charge on any atom is 0.263 e. The van der Waals surface area contributed by atoms with Crippen molar-refractivity contribution in [2.24, 2.45) is 5.73 Å². The molecule has 0 atom stereocenters. The Morgan fingerprint density at radius 3 is 2.60 bits per heavy atom. The van der Waals surface area contributed by atoms with E-state index in [1.807, 2.05) is 0 Å². The van der Waals surface area contributed by atoms with Crippen LogP contribution in [-0.2, 0) is 10.0 Å². The van der Waals surface area contributed by atoms with Gasteiger partial charge in [0.15, 0.2) is 0 Å². The molecule has 0 aliphatic heterocycles. The molecule has 104 valence electrons. The molecule has 0 bridgehead atoms. The fourth-order valence-electron chi connectivity index (χ4n) is 1.61. The second-order valence-corrected chi connectivity index (χ2v) is 6.28. The highest BCUT2D eigenvalue weighted by Crippen LogP contribution is 2.16. The van der Waals surface area contributed by atoms with Gasteiger partial charge in [-0.15, -0.1) is 0 Å². The van der Waals surface area contributed by atoms with Gasteiger partial charge in [-0.3, -0.25) is 4.72 Å². The summed E-state index contributed by atoms with van der Waals surface area (Å²) in [5.74, 6) is 0.269. The second-order valence-electron chi connectivity index (χ2n) is 4.16. The van der Waals surface area contributed by atoms with Crippen LogP contribution in [0.4, 0.5) is 5.82 Å². The number of aromatic nitrogens is 1. The maximum absolute atomic E-state index is 12.3. The van der Waals surface area contributed by atoms with Crippen molar-refractivity contribution in [3.63, 3.8) is 0 Å². The van der Waals surface area contributed by atoms with Crippen molar-refractivity contribution in [1.82, 2.24) is 4.98 Å². The van der Waals surface area contributed by atoms with E-state index in [0.29, 0.717) is 5.56 Å². The Morgan fingerprint density at radius 1 is 1.25 bits per heavy atom. The molecule has 3 N–H and O–H groups in total. The van der Waals surface area contributed by atoms with Crippen molar-refractivity contribution in [1.29, 1.82) is 0 Å². The third kappa shape index (κ3) is 3.31. The Hall–Kier alpha value is -1.99. The lowest BCUT2D eigenvalue weighted by Crippen LogP contribution is -2.16. The van der Waals surface area contributed by atoms with Crippen molar-refractivity contribution in [2.45, 2.75) is 11.8 Å². The van der Waals surface area contributed by atoms with Crippen molar-refractivity contribution < 1.29 is 8.42 Å². The minimum atomic E-state index is -3.71. The lowest BCUT2D eigenvalue weighted by Gasteiger charge is -2.08. The molecule has 0 radical (unpaired) electrons. The number of thiocarbonyl (C=S) groups is 1. The van der Waals surface area contributed by atoms with Gasteiger partial charge < -0.3 is 5.73 Å². The third-order valence-corrected chi connectivity index (χ3v) is 4.14. The van der Waals surface area contributed by atoms with Gasteiger partial charge >= 0.3 is 0 Å². The zero-order chi connectivity index (χ0) is 14.8. The van der Waals surface area contributed by atoms with Crippen LogP contribution < -0.4 is 10.5 Å². The number of benzene rings is 1. The van der Waals surface area contributed by atoms with Crippen LogP contribution >= 0.6 is 12.2 Å². The molecule has 0 amide bonds. The minimum absolute atomic E-state index is 0.0890. The van der Waals surface area contributed by atoms with E-state index in [1.165, 1.54) is 12.1 Å². The van der Waals surface area contributed by atoms with Crippen molar-refractivity contribution >= 4 is 33.0 Å². The van der Waals surface area contributed by atoms with E-state index in [2.05, 4.69) is 9.71 Å². The lowest BCUT2D eigenvalue weighted by molar-refractivity contribution is 0.601. The van der Waals surface area contributed by atoms with Crippen LogP contribution in [0.5, 0.6) is 0 Å². The highest BCUT2D eigenvalue weighted by molar-refractivity contribution is 7.92. The first kappa shape index (κ1) is 14.4. The molecule has 5 nitrogen and oxygen atoms in total. The summed E-state index contributed by atoms with van der Waals surface area (Å²) in [4.78, 5) is 4.34. The van der Waals surface area contributed by atoms with Crippen LogP contribution in [0, 0.1) is 6.92 Å². The van der Waals surface area contributed by atoms with Crippen LogP contribution in [0.2, 0.25) is 0 Å². The van der Waals surface area contributed by atoms with Crippen molar-refractivity contribution in [3.05, 3.63) is 53.7 Å². The average molecular weight is 307 g/mol. The number of hydrogen-bond donors (Lipinski definition) is 2. The van der Waals surface area contributed by atoms with Crippen molar-refractivity contribution in [3.8, 4) is 0 Å². The third-order valence-electron chi connectivity index (χ3n) is 2.56. The topological polar surface area (TPSA) is 85.1 Å². The number of sulfonamides is 1. The summed E-state index contributed by atoms with van der Waals surface area (Å²) < 4.78 is 26.9. The number of anilines is 1. The Kier molecular flexibility index (Phi) is 4.01. The first-order chi connectivity index (χ1) is 9.38. The summed E-state index contributed by atoms with van der Waals surface area (Å²) in [6, 6.07) is 11.2. The quantitative estimate of drug-likeness (QED) is 0.842. The molecule has 0 saturated carbocycles. The van der Waals surface area contributed by atoms with Crippen LogP contribution in [0.3, 0.4) is 0 Å². The number of nitrogens with one attached hydrogen (secondary N) is 1. The molecule has 0 aliphatic carbocycles. The van der Waals surface area contributed by atoms with Gasteiger partial charge in [-0.1, -0.05) is 30.4 Å². The average Bonchev–Trinajstić information content (AvgIpc) is 2.38. The smallest absolute Gasteiger partial charge is 0.263 e. The number of hydrogen-bond acceptors (Lipinski definition) is 4. The number of pyridine rings is 1. The van der Waals surface area contributed by atoms with E-state index in [0.717, 1.165) is 5.69 Å². The van der Waals surface area contributed by atoms with E-state index >= 15 is 0 Å². The summed E-state index contributed by atoms with van der Waals surface area (Å²) in [7, 11) is -3.71. The summed E-state index contributed by atoms with van der Waals surface area (Å²) in [6.45, 7) is 1.78. The van der Waals surface area contributed by atoms with Gasteiger partial charge in [0.2, 0.25) is 0 Å². The van der Waals surface area contributed by atoms with Crippen LogP contribution in [0.1, 0.15) is 11.3 Å². The van der Waals surface area contributed by atoms with Gasteiger partial charge in [0.1, 0.15) is 10.8 Å². The minimum Gasteiger partial charge on any atom is -0.389 e. The molecule has 1 aromatic heterocycles. The molecule has 0 fully saturated rings. The summed E-state index contributed by atoms with van der Waals surface area (Å²) in [5.41, 5.74) is 6.73. The monoisotopic (exact) mass is 307 g/mol. The zero-order valence-electron chi connectivity index (χ0n) is 10.7. The van der Waals surface area contributed by atoms with Gasteiger partial charge in [0, 0.05) is 11.3 Å². The van der Waals surface area contributed by atoms with E-state index in [-0.39, 0.29) is 15.7 Å². The first-order valence-corrected chi connectivity index (χ1v) is 7.64. The van der Waals surface area contributed by atoms with Gasteiger partial charge in [-0.05, 0) is 31.2 Å². The number of rotatable bonds is 4. The predicted molar refractivity (Wildman–Crippen MR) is 82.1 cm³/mol. The molecule has 1 aromatic carbocycles. The van der Waals surface area contributed by atoms with Gasteiger partial charge in [0.25, 0.3) is 10.0 Å². The second kappa shape index (κ2) is 5.56. The molecule has 0 unspecified atom stereocenters. The molecule has 20 heavy (non-hydrogen) atoms. The summed E-state index contributed by atoms with van der Waals surface area (Å²) >= 11 is 4.84. The van der Waals surface area contributed by atoms with Crippen LogP contribution in [-0.4, -0.2) is 18.4 Å². The van der Waals surface area contributed by atoms with E-state index in [9.17, 15) is 8.42 Å². The molecule has 2 aromatic rings. The Balaban J connectivity index is 2.35. The lowest BCUT2D eigenvalue weighted by atomic mass is 10.2. The first-order valence-electron chi connectivity index (χ1n) is 5.75. The highest BCUT2D eigenvalue weighted by atomic mass is 32.2. The summed E-state index contributed by atoms with van der Waals surface area (Å²) in [5, 5.41) is 0. The largest absolute Gasteiger partial charge is 0.389 e. The van der Waals surface area contributed by atoms with Crippen molar-refractivity contribution in [2.75, 3.05) is 4.72 Å². The maximum atomic E-state index is 12.3. The fraction of sp³-hybridized carbons (Fsp3) is 0.0769. The van der Waals surface area contributed by atoms with Gasteiger partial charge in [-0.2, -0.15) is 0 Å². The molecular formula is C13H13N3O2S2. The molecule has 1 heterocycles. The number of aryl methyl sites for hydroxylation is 1. The molecule has 7 heteroatoms. The number of nitrogens with zero attached hydrogens (tertiary/aromatic N) is 1. The zero-order valence-corrected chi connectivity index (χ0v) is 12.3. The molecule has 0 spiro atoms.